The number of fused-ring (bicyclic) bond motifs is 2. The molecule has 0 saturated carbocycles. The highest BCUT2D eigenvalue weighted by atomic mass is 32.2. The van der Waals surface area contributed by atoms with Crippen LogP contribution in [-0.4, -0.2) is 118 Å². The van der Waals surface area contributed by atoms with E-state index in [-0.39, 0.29) is 131 Å². The smallest absolute Gasteiger partial charge is 0.457 e. The van der Waals surface area contributed by atoms with Gasteiger partial charge in [0.2, 0.25) is 0 Å². The number of carbonyl (C=O) groups is 6. The zero-order chi connectivity index (χ0) is 78.1. The maximum Gasteiger partial charge on any atom is 0.501 e. The second-order valence-electron chi connectivity index (χ2n) is 27.1. The van der Waals surface area contributed by atoms with Gasteiger partial charge in [0, 0.05) is 119 Å². The second kappa shape index (κ2) is 32.0. The van der Waals surface area contributed by atoms with Crippen molar-refractivity contribution in [2.75, 3.05) is 64.2 Å². The first-order valence-corrected chi connectivity index (χ1v) is 38.9. The summed E-state index contributed by atoms with van der Waals surface area (Å²) in [4.78, 5) is 125. The Morgan fingerprint density at radius 2 is 0.777 bits per heavy atom. The van der Waals surface area contributed by atoms with Crippen LogP contribution in [0.1, 0.15) is 92.6 Å². The Labute approximate surface area is 650 Å². The average Bonchev–Trinajstić information content (AvgIpc) is 0.670. The minimum atomic E-state index is -3.43. The van der Waals surface area contributed by atoms with Crippen LogP contribution >= 0.6 is 12.0 Å². The summed E-state index contributed by atoms with van der Waals surface area (Å²) in [6, 6.07) is 56.3. The minimum absolute atomic E-state index is 0.0324. The SMILES string of the molecule is COOCc1cc(C(C(=O)N(CCSOC)c2ccccc2)N2C(=O)c3cc(Oc4ccc(C)cc4)c4c5c(Oc6ccc(C)cc6)cc6c7c(cc(Oc8ccc(C)cc8)c(c8c(Oc9ccc(C)cc9)cc(c3c48)C2=O)c75)C(=O)N(C(C(=O)N(CC[Si](OC)(OC)OC)c2ccccc2)c2ccncc2)C6=O)ccn1. The third kappa shape index (κ3) is 14.2. The van der Waals surface area contributed by atoms with Gasteiger partial charge in [-0.05, 0) is 172 Å². The van der Waals surface area contributed by atoms with E-state index in [1.165, 1.54) is 63.9 Å². The first-order chi connectivity index (χ1) is 54.4. The van der Waals surface area contributed by atoms with E-state index in [0.717, 1.165) is 44.1 Å². The van der Waals surface area contributed by atoms with Crippen LogP contribution in [0.3, 0.4) is 0 Å². The first kappa shape index (κ1) is 75.2. The molecule has 11 aromatic carbocycles. The van der Waals surface area contributed by atoms with Crippen molar-refractivity contribution in [3.8, 4) is 46.0 Å². The molecule has 0 N–H and O–H groups in total. The Morgan fingerprint density at radius 1 is 0.420 bits per heavy atom. The van der Waals surface area contributed by atoms with Crippen molar-refractivity contribution >= 4 is 111 Å². The van der Waals surface area contributed by atoms with Crippen molar-refractivity contribution in [3.63, 3.8) is 0 Å². The van der Waals surface area contributed by atoms with Crippen molar-refractivity contribution < 1.29 is 75.0 Å². The fourth-order valence-corrected chi connectivity index (χ4v) is 16.8. The van der Waals surface area contributed by atoms with Gasteiger partial charge < -0.3 is 46.2 Å². The van der Waals surface area contributed by atoms with Crippen LogP contribution in [0.4, 0.5) is 11.4 Å². The third-order valence-electron chi connectivity index (χ3n) is 20.2. The molecular formula is C88H76N6O16SSi. The van der Waals surface area contributed by atoms with Crippen LogP contribution in [0.2, 0.25) is 6.04 Å². The number of carbonyl (C=O) groups excluding carboxylic acids is 6. The molecule has 2 aliphatic rings. The summed E-state index contributed by atoms with van der Waals surface area (Å²) in [7, 11) is 3.88. The van der Waals surface area contributed by atoms with Crippen LogP contribution in [0.5, 0.6) is 46.0 Å². The van der Waals surface area contributed by atoms with Crippen molar-refractivity contribution in [1.82, 2.24) is 19.8 Å². The molecule has 24 heteroatoms. The number of anilines is 2. The third-order valence-corrected chi connectivity index (χ3v) is 23.5. The topological polar surface area (TPSA) is 233 Å². The van der Waals surface area contributed by atoms with E-state index in [1.54, 1.807) is 146 Å². The average molecular weight is 1530 g/mol. The van der Waals surface area contributed by atoms with Gasteiger partial charge in [-0.25, -0.2) is 9.78 Å². The van der Waals surface area contributed by atoms with Crippen molar-refractivity contribution in [2.45, 2.75) is 52.4 Å². The Morgan fingerprint density at radius 3 is 1.13 bits per heavy atom. The fourth-order valence-electron chi connectivity index (χ4n) is 14.7. The van der Waals surface area contributed by atoms with Gasteiger partial charge in [0.05, 0.1) is 42.2 Å². The predicted octanol–water partition coefficient (Wildman–Crippen LogP) is 17.9. The second-order valence-corrected chi connectivity index (χ2v) is 31.2. The largest absolute Gasteiger partial charge is 0.501 e. The molecule has 2 aliphatic heterocycles. The molecule has 112 heavy (non-hydrogen) atoms. The summed E-state index contributed by atoms with van der Waals surface area (Å²) < 4.78 is 52.4. The number of aromatic nitrogens is 2. The maximum atomic E-state index is 17.0. The molecule has 2 unspecified atom stereocenters. The minimum Gasteiger partial charge on any atom is -0.457 e. The number of rotatable bonds is 29. The van der Waals surface area contributed by atoms with Gasteiger partial charge in [-0.15, -0.1) is 0 Å². The Kier molecular flexibility index (Phi) is 21.5. The zero-order valence-electron chi connectivity index (χ0n) is 62.7. The molecule has 0 radical (unpaired) electrons. The summed E-state index contributed by atoms with van der Waals surface area (Å²) in [5.41, 5.74) is 5.05. The predicted molar refractivity (Wildman–Crippen MR) is 428 cm³/mol. The number of ether oxygens (including phenoxy) is 4. The number of imide groups is 2. The summed E-state index contributed by atoms with van der Waals surface area (Å²) in [5.74, 6) is -3.18. The van der Waals surface area contributed by atoms with Gasteiger partial charge in [-0.2, -0.15) is 0 Å². The highest BCUT2D eigenvalue weighted by Gasteiger charge is 2.49. The van der Waals surface area contributed by atoms with E-state index < -0.39 is 56.3 Å². The Hall–Kier alpha value is -12.2. The Balaban J connectivity index is 1.07. The standard InChI is InChI=1S/C88H76N6O16SSi/c1-52-20-28-61(29-21-52)107-69-47-65-73-66(84(96)93(83(65)95)81(56-36-39-89-40-37-56)87(99)92(60-18-14-11-15-19-60)43-45-112(103-7,104-8)105-9)48-70(108-62-30-22-53(2)23-31-62)76-78-72(110-64-34-26-55(4)27-35-64)50-68-74-67(49-71(77(80(74)78)75(69)79(73)76)109-63-32-24-54(3)25-33-63)85(97)94(86(68)98)82(57-38-41-90-58(46-57)51-106-101-5)88(100)91(42-44-111-102-6)59-16-12-10-13-17-59/h10-41,46-50,81-82H,42-45,51H2,1-9H3. The van der Waals surface area contributed by atoms with E-state index in [4.69, 9.17) is 46.2 Å². The molecule has 13 aromatic rings. The van der Waals surface area contributed by atoms with Crippen LogP contribution in [0.15, 0.2) is 225 Å². The van der Waals surface area contributed by atoms with Crippen LogP contribution < -0.4 is 28.7 Å². The van der Waals surface area contributed by atoms with Gasteiger partial charge in [0.1, 0.15) is 64.7 Å². The molecule has 6 amide bonds. The number of aryl methyl sites for hydroxylation is 4. The number of pyridine rings is 2. The Bertz CT molecular complexity index is 5540. The van der Waals surface area contributed by atoms with Crippen molar-refractivity contribution in [3.05, 3.63) is 286 Å². The molecule has 0 bridgehead atoms. The normalized spacial score (nSPS) is 13.3. The lowest BCUT2D eigenvalue weighted by molar-refractivity contribution is -0.282. The zero-order valence-corrected chi connectivity index (χ0v) is 64.5. The maximum absolute atomic E-state index is 17.0. The molecular weight excluding hydrogens is 1460 g/mol. The molecule has 0 aliphatic carbocycles. The van der Waals surface area contributed by atoms with E-state index in [0.29, 0.717) is 40.1 Å². The molecule has 0 fully saturated rings. The van der Waals surface area contributed by atoms with Gasteiger partial charge >= 0.3 is 8.80 Å². The van der Waals surface area contributed by atoms with E-state index >= 15 is 28.8 Å². The lowest BCUT2D eigenvalue weighted by Crippen LogP contribution is -2.51. The lowest BCUT2D eigenvalue weighted by Gasteiger charge is -2.38. The van der Waals surface area contributed by atoms with Crippen molar-refractivity contribution in [2.24, 2.45) is 0 Å². The van der Waals surface area contributed by atoms with E-state index in [2.05, 4.69) is 9.97 Å². The van der Waals surface area contributed by atoms with Gasteiger partial charge in [-0.3, -0.25) is 48.5 Å². The highest BCUT2D eigenvalue weighted by molar-refractivity contribution is 7.94. The van der Waals surface area contributed by atoms with Crippen LogP contribution in [-0.2, 0) is 43.4 Å². The molecule has 4 heterocycles. The van der Waals surface area contributed by atoms with Crippen LogP contribution in [0.25, 0.3) is 43.1 Å². The number of amides is 6. The molecule has 0 spiro atoms. The van der Waals surface area contributed by atoms with Crippen LogP contribution in [0, 0.1) is 27.7 Å². The summed E-state index contributed by atoms with van der Waals surface area (Å²) in [6.07, 6.45) is 4.44. The summed E-state index contributed by atoms with van der Waals surface area (Å²) in [6.45, 7) is 7.59. The van der Waals surface area contributed by atoms with Gasteiger partial charge in [0.25, 0.3) is 35.4 Å². The van der Waals surface area contributed by atoms with Gasteiger partial charge in [-0.1, -0.05) is 107 Å². The quantitative estimate of drug-likeness (QED) is 0.00619. The summed E-state index contributed by atoms with van der Waals surface area (Å²) >= 11 is 1.13. The number of para-hydroxylation sites is 2. The molecule has 2 aromatic heterocycles. The van der Waals surface area contributed by atoms with Crippen molar-refractivity contribution in [1.29, 1.82) is 0 Å². The molecule has 15 rings (SSSR count). The fraction of sp³-hybridized carbons (Fsp3) is 0.182. The number of nitrogens with zero attached hydrogens (tertiary/aromatic N) is 6. The monoisotopic (exact) mass is 1530 g/mol. The van der Waals surface area contributed by atoms with Gasteiger partial charge in [0.15, 0.2) is 0 Å². The number of hydrogen-bond donors (Lipinski definition) is 0. The molecule has 564 valence electrons. The lowest BCUT2D eigenvalue weighted by atomic mass is 9.80. The highest BCUT2D eigenvalue weighted by Crippen LogP contribution is 2.59. The first-order valence-electron chi connectivity index (χ1n) is 36.1. The summed E-state index contributed by atoms with van der Waals surface area (Å²) in [5, 5.41) is 1.67. The molecule has 22 nitrogen and oxygen atoms in total. The van der Waals surface area contributed by atoms with E-state index in [1.807, 2.05) is 88.4 Å². The van der Waals surface area contributed by atoms with E-state index in [9.17, 15) is 0 Å². The molecule has 0 saturated heterocycles. The number of hydrogen-bond acceptors (Lipinski definition) is 19. The molecule has 2 atom stereocenters. The number of benzene rings is 11.